The summed E-state index contributed by atoms with van der Waals surface area (Å²) in [5, 5.41) is 31.4. The van der Waals surface area contributed by atoms with Crippen LogP contribution in [0.5, 0.6) is 0 Å². The molecular formula is C21H26O4S3. The number of allylic oxidation sites excluding steroid dienone is 3. The average Bonchev–Trinajstić information content (AvgIpc) is 3.29. The number of hydrogen-bond acceptors (Lipinski definition) is 7. The molecule has 28 heavy (non-hydrogen) atoms. The highest BCUT2D eigenvalue weighted by Crippen LogP contribution is 2.54. The van der Waals surface area contributed by atoms with Gasteiger partial charge >= 0.3 is 0 Å². The number of thioether (sulfide) groups is 2. The van der Waals surface area contributed by atoms with Crippen LogP contribution in [0.15, 0.2) is 28.7 Å². The smallest absolute Gasteiger partial charge is 0.169 e. The molecule has 0 radical (unpaired) electrons. The molecule has 5 rings (SSSR count). The van der Waals surface area contributed by atoms with E-state index in [-0.39, 0.29) is 11.9 Å². The largest absolute Gasteiger partial charge is 0.395 e. The second-order valence-corrected chi connectivity index (χ2v) is 12.1. The molecule has 0 bridgehead atoms. The predicted molar refractivity (Wildman–Crippen MR) is 116 cm³/mol. The number of hydrogen-bond donors (Lipinski definition) is 3. The second kappa shape index (κ2) is 7.76. The lowest BCUT2D eigenvalue weighted by Crippen LogP contribution is -2.54. The van der Waals surface area contributed by atoms with Gasteiger partial charge in [0.25, 0.3) is 0 Å². The summed E-state index contributed by atoms with van der Waals surface area (Å²) in [5.74, 6) is 0. The molecule has 3 N–H and O–H groups in total. The Morgan fingerprint density at radius 1 is 1.21 bits per heavy atom. The zero-order valence-electron chi connectivity index (χ0n) is 15.7. The van der Waals surface area contributed by atoms with Crippen LogP contribution < -0.4 is 0 Å². The molecule has 1 spiro atoms. The van der Waals surface area contributed by atoms with E-state index in [1.807, 2.05) is 23.1 Å². The van der Waals surface area contributed by atoms with E-state index >= 15 is 0 Å². The van der Waals surface area contributed by atoms with Gasteiger partial charge in [0.2, 0.25) is 0 Å². The van der Waals surface area contributed by atoms with Gasteiger partial charge in [0.05, 0.1) is 19.3 Å². The summed E-state index contributed by atoms with van der Waals surface area (Å²) in [6.45, 7) is 0.524. The van der Waals surface area contributed by atoms with Crippen molar-refractivity contribution in [3.8, 4) is 0 Å². The van der Waals surface area contributed by atoms with E-state index in [2.05, 4.69) is 18.2 Å². The van der Waals surface area contributed by atoms with Crippen LogP contribution in [0, 0.1) is 0 Å². The Hall–Kier alpha value is -0.280. The van der Waals surface area contributed by atoms with E-state index < -0.39 is 17.1 Å². The summed E-state index contributed by atoms with van der Waals surface area (Å²) in [6.07, 6.45) is 8.55. The molecule has 1 fully saturated rings. The molecule has 4 aliphatic rings. The maximum atomic E-state index is 10.9. The summed E-state index contributed by atoms with van der Waals surface area (Å²) in [7, 11) is 0. The topological polar surface area (TPSA) is 69.9 Å². The van der Waals surface area contributed by atoms with Crippen LogP contribution in [0.2, 0.25) is 0 Å². The fraction of sp³-hybridized carbons (Fsp3) is 0.619. The van der Waals surface area contributed by atoms with Gasteiger partial charge in [-0.1, -0.05) is 17.7 Å². The highest BCUT2D eigenvalue weighted by molar-refractivity contribution is 8.04. The van der Waals surface area contributed by atoms with Gasteiger partial charge in [0, 0.05) is 37.1 Å². The Morgan fingerprint density at radius 2 is 2.11 bits per heavy atom. The van der Waals surface area contributed by atoms with E-state index in [0.29, 0.717) is 18.3 Å². The molecule has 1 aliphatic carbocycles. The lowest BCUT2D eigenvalue weighted by molar-refractivity contribution is -0.126. The Morgan fingerprint density at radius 3 is 2.93 bits per heavy atom. The molecule has 5 atom stereocenters. The Bertz CT molecular complexity index is 817. The lowest BCUT2D eigenvalue weighted by atomic mass is 9.93. The zero-order valence-corrected chi connectivity index (χ0v) is 18.1. The molecule has 4 nitrogen and oxygen atoms in total. The lowest BCUT2D eigenvalue weighted by Gasteiger charge is -2.47. The summed E-state index contributed by atoms with van der Waals surface area (Å²) in [6, 6.07) is 2.20. The van der Waals surface area contributed by atoms with Crippen molar-refractivity contribution in [1.82, 2.24) is 0 Å². The first-order valence-electron chi connectivity index (χ1n) is 10.0. The molecule has 3 aliphatic heterocycles. The van der Waals surface area contributed by atoms with Crippen LogP contribution >= 0.6 is 34.9 Å². The maximum Gasteiger partial charge on any atom is 0.169 e. The van der Waals surface area contributed by atoms with Crippen LogP contribution in [0.25, 0.3) is 0 Å². The van der Waals surface area contributed by atoms with Gasteiger partial charge in [-0.2, -0.15) is 0 Å². The van der Waals surface area contributed by atoms with Gasteiger partial charge in [-0.25, -0.2) is 0 Å². The SMILES string of the molecule is OCC1C[C@H](O)[C@@H](O)[C@@]2(OCCc3sc(CC4CC5=C(C=CCC5)S4)cc32)S1. The van der Waals surface area contributed by atoms with Crippen molar-refractivity contribution in [3.63, 3.8) is 0 Å². The third kappa shape index (κ3) is 3.33. The number of aliphatic hydroxyl groups excluding tert-OH is 3. The molecule has 1 aromatic rings. The van der Waals surface area contributed by atoms with Crippen molar-refractivity contribution in [1.29, 1.82) is 0 Å². The summed E-state index contributed by atoms with van der Waals surface area (Å²) < 4.78 is 6.13. The van der Waals surface area contributed by atoms with Gasteiger partial charge < -0.3 is 20.1 Å². The highest BCUT2D eigenvalue weighted by Gasteiger charge is 2.53. The fourth-order valence-corrected chi connectivity index (χ4v) is 9.27. The molecular weight excluding hydrogens is 412 g/mol. The van der Waals surface area contributed by atoms with Crippen molar-refractivity contribution >= 4 is 34.9 Å². The van der Waals surface area contributed by atoms with Gasteiger partial charge in [-0.15, -0.1) is 34.9 Å². The van der Waals surface area contributed by atoms with Gasteiger partial charge in [-0.05, 0) is 38.2 Å². The minimum Gasteiger partial charge on any atom is -0.395 e. The Balaban J connectivity index is 1.39. The standard InChI is InChI=1S/C21H26O4S3/c22-11-15-10-17(23)20(24)21(28-15)16-9-14(27-19(16)5-6-25-21)8-13-7-12-3-1-2-4-18(12)26-13/h2,4,9,13,15,17,20,22-24H,1,3,5-8,10-11H2/t13?,15?,17-,20+,21-/m0/s1. The Labute approximate surface area is 178 Å². The van der Waals surface area contributed by atoms with E-state index in [1.54, 1.807) is 5.57 Å². The van der Waals surface area contributed by atoms with E-state index in [0.717, 1.165) is 18.4 Å². The van der Waals surface area contributed by atoms with Crippen molar-refractivity contribution < 1.29 is 20.1 Å². The molecule has 7 heteroatoms. The maximum absolute atomic E-state index is 10.9. The van der Waals surface area contributed by atoms with E-state index in [9.17, 15) is 15.3 Å². The second-order valence-electron chi connectivity index (χ2n) is 8.04. The minimum absolute atomic E-state index is 0.0185. The molecule has 1 aromatic heterocycles. The normalized spacial score (nSPS) is 37.4. The number of aliphatic hydroxyl groups is 3. The molecule has 0 saturated carbocycles. The van der Waals surface area contributed by atoms with Crippen LogP contribution in [0.1, 0.15) is 41.0 Å². The monoisotopic (exact) mass is 438 g/mol. The summed E-state index contributed by atoms with van der Waals surface area (Å²) in [4.78, 5) is 3.13. The molecule has 0 aromatic carbocycles. The van der Waals surface area contributed by atoms with Gasteiger partial charge in [0.1, 0.15) is 6.10 Å². The summed E-state index contributed by atoms with van der Waals surface area (Å²) >= 11 is 5.33. The highest BCUT2D eigenvalue weighted by atomic mass is 32.2. The molecule has 152 valence electrons. The summed E-state index contributed by atoms with van der Waals surface area (Å²) in [5.41, 5.74) is 2.64. The number of rotatable bonds is 3. The van der Waals surface area contributed by atoms with Crippen molar-refractivity contribution in [2.45, 2.75) is 66.2 Å². The predicted octanol–water partition coefficient (Wildman–Crippen LogP) is 3.35. The minimum atomic E-state index is -0.971. The Kier molecular flexibility index (Phi) is 5.45. The third-order valence-electron chi connectivity index (χ3n) is 6.11. The van der Waals surface area contributed by atoms with Crippen molar-refractivity contribution in [3.05, 3.63) is 44.0 Å². The quantitative estimate of drug-likeness (QED) is 0.672. The first kappa shape index (κ1) is 19.7. The number of thiophene rings is 1. The number of ether oxygens (including phenoxy) is 1. The van der Waals surface area contributed by atoms with Crippen LogP contribution in [0.4, 0.5) is 0 Å². The fourth-order valence-electron chi connectivity index (χ4n) is 4.76. The van der Waals surface area contributed by atoms with Crippen molar-refractivity contribution in [2.75, 3.05) is 13.2 Å². The first-order valence-corrected chi connectivity index (χ1v) is 12.6. The molecule has 0 amide bonds. The van der Waals surface area contributed by atoms with Gasteiger partial charge in [0.15, 0.2) is 4.93 Å². The van der Waals surface area contributed by atoms with E-state index in [4.69, 9.17) is 4.74 Å². The van der Waals surface area contributed by atoms with Crippen LogP contribution in [-0.4, -0.2) is 51.2 Å². The third-order valence-corrected chi connectivity index (χ3v) is 10.3. The zero-order chi connectivity index (χ0) is 19.3. The molecule has 1 saturated heterocycles. The van der Waals surface area contributed by atoms with Crippen molar-refractivity contribution in [2.24, 2.45) is 0 Å². The molecule has 2 unspecified atom stereocenters. The first-order chi connectivity index (χ1) is 13.6. The van der Waals surface area contributed by atoms with Crippen LogP contribution in [0.3, 0.4) is 0 Å². The van der Waals surface area contributed by atoms with E-state index in [1.165, 1.54) is 45.7 Å². The number of fused-ring (bicyclic) bond motifs is 2. The van der Waals surface area contributed by atoms with Gasteiger partial charge in [-0.3, -0.25) is 0 Å². The van der Waals surface area contributed by atoms with Crippen LogP contribution in [-0.2, 0) is 22.5 Å². The average molecular weight is 439 g/mol. The molecule has 4 heterocycles.